The Labute approximate surface area is 132 Å². The third-order valence-electron chi connectivity index (χ3n) is 3.44. The smallest absolute Gasteiger partial charge is 0.278 e. The van der Waals surface area contributed by atoms with Gasteiger partial charge in [0.15, 0.2) is 6.29 Å². The van der Waals surface area contributed by atoms with E-state index in [0.717, 1.165) is 24.8 Å². The highest BCUT2D eigenvalue weighted by Gasteiger charge is 2.19. The first-order valence-corrected chi connectivity index (χ1v) is 7.49. The molecule has 0 bridgehead atoms. The second-order valence-electron chi connectivity index (χ2n) is 5.01. The summed E-state index contributed by atoms with van der Waals surface area (Å²) in [7, 11) is 0. The maximum Gasteiger partial charge on any atom is 0.278 e. The van der Waals surface area contributed by atoms with E-state index in [1.54, 1.807) is 12.1 Å². The van der Waals surface area contributed by atoms with Gasteiger partial charge >= 0.3 is 0 Å². The number of rotatable bonds is 4. The van der Waals surface area contributed by atoms with Crippen molar-refractivity contribution in [3.63, 3.8) is 0 Å². The lowest BCUT2D eigenvalue weighted by Crippen LogP contribution is -2.33. The molecule has 0 radical (unpaired) electrons. The Balaban J connectivity index is 1.68. The minimum Gasteiger partial charge on any atom is -0.350 e. The van der Waals surface area contributed by atoms with Crippen molar-refractivity contribution in [3.05, 3.63) is 41.0 Å². The minimum atomic E-state index is -0.386. The Morgan fingerprint density at radius 3 is 2.91 bits per heavy atom. The summed E-state index contributed by atoms with van der Waals surface area (Å²) >= 11 is 5.87. The van der Waals surface area contributed by atoms with Gasteiger partial charge in [-0.25, -0.2) is 10.3 Å². The second kappa shape index (κ2) is 6.91. The van der Waals surface area contributed by atoms with Crippen molar-refractivity contribution >= 4 is 17.5 Å². The van der Waals surface area contributed by atoms with Crippen LogP contribution in [0.1, 0.15) is 29.6 Å². The third-order valence-corrected chi connectivity index (χ3v) is 3.69. The van der Waals surface area contributed by atoms with Crippen LogP contribution in [0, 0.1) is 0 Å². The molecule has 0 spiro atoms. The van der Waals surface area contributed by atoms with E-state index in [1.807, 2.05) is 12.1 Å². The Hall–Kier alpha value is -1.89. The number of amides is 1. The number of nitrogens with one attached hydrogen (secondary N) is 2. The van der Waals surface area contributed by atoms with Gasteiger partial charge in [-0.2, -0.15) is 5.10 Å². The summed E-state index contributed by atoms with van der Waals surface area (Å²) in [5.74, 6) is -0.368. The number of halogens is 1. The molecule has 1 aromatic carbocycles. The summed E-state index contributed by atoms with van der Waals surface area (Å²) in [6.07, 6.45) is 3.90. The number of H-pyrrole nitrogens is 1. The summed E-state index contributed by atoms with van der Waals surface area (Å²) in [5.41, 5.74) is 4.26. The summed E-state index contributed by atoms with van der Waals surface area (Å²) in [4.78, 5) is 17.5. The molecule has 1 aliphatic heterocycles. The predicted molar refractivity (Wildman–Crippen MR) is 81.2 cm³/mol. The molecule has 2 heterocycles. The molecule has 1 saturated heterocycles. The first-order valence-electron chi connectivity index (χ1n) is 7.11. The zero-order valence-corrected chi connectivity index (χ0v) is 12.6. The molecule has 116 valence electrons. The average molecular weight is 322 g/mol. The van der Waals surface area contributed by atoms with E-state index in [-0.39, 0.29) is 12.2 Å². The van der Waals surface area contributed by atoms with Gasteiger partial charge in [-0.05, 0) is 25.0 Å². The number of carbonyl (C=O) groups is 1. The highest BCUT2D eigenvalue weighted by molar-refractivity contribution is 6.30. The van der Waals surface area contributed by atoms with E-state index in [1.165, 1.54) is 6.20 Å². The highest BCUT2D eigenvalue weighted by Crippen LogP contribution is 2.23. The molecule has 0 unspecified atom stereocenters. The van der Waals surface area contributed by atoms with Gasteiger partial charge in [0.1, 0.15) is 0 Å². The van der Waals surface area contributed by atoms with Gasteiger partial charge in [0, 0.05) is 23.6 Å². The van der Waals surface area contributed by atoms with Crippen LogP contribution < -0.4 is 5.48 Å². The minimum absolute atomic E-state index is 0.368. The zero-order chi connectivity index (χ0) is 15.4. The van der Waals surface area contributed by atoms with Gasteiger partial charge in [0.05, 0.1) is 17.5 Å². The van der Waals surface area contributed by atoms with Crippen LogP contribution in [0.25, 0.3) is 11.3 Å². The van der Waals surface area contributed by atoms with Crippen LogP contribution in [0.4, 0.5) is 0 Å². The number of aromatic nitrogens is 2. The van der Waals surface area contributed by atoms with Crippen LogP contribution in [0.2, 0.25) is 5.02 Å². The van der Waals surface area contributed by atoms with Crippen molar-refractivity contribution in [2.75, 3.05) is 6.61 Å². The van der Waals surface area contributed by atoms with Gasteiger partial charge in [-0.1, -0.05) is 23.7 Å². The quantitative estimate of drug-likeness (QED) is 0.849. The number of nitrogens with zero attached hydrogens (tertiary/aromatic N) is 1. The fourth-order valence-electron chi connectivity index (χ4n) is 2.27. The van der Waals surface area contributed by atoms with E-state index >= 15 is 0 Å². The molecular formula is C15H16ClN3O3. The lowest BCUT2D eigenvalue weighted by molar-refractivity contribution is -0.186. The molecule has 22 heavy (non-hydrogen) atoms. The highest BCUT2D eigenvalue weighted by atomic mass is 35.5. The predicted octanol–water partition coefficient (Wildman–Crippen LogP) is 2.92. The summed E-state index contributed by atoms with van der Waals surface area (Å²) in [5, 5.41) is 7.38. The van der Waals surface area contributed by atoms with Crippen molar-refractivity contribution in [1.82, 2.24) is 15.7 Å². The van der Waals surface area contributed by atoms with Gasteiger partial charge in [0.25, 0.3) is 5.91 Å². The standard InChI is InChI=1S/C15H16ClN3O3/c16-11-6-4-10(5-7-11)14-12(9-17-18-14)15(20)19-22-13-3-1-2-8-21-13/h4-7,9,13H,1-3,8H2,(H,17,18)(H,19,20)/t13-/m1/s1. The van der Waals surface area contributed by atoms with Crippen LogP contribution in [0.5, 0.6) is 0 Å². The summed E-state index contributed by atoms with van der Waals surface area (Å²) < 4.78 is 5.40. The summed E-state index contributed by atoms with van der Waals surface area (Å²) in [6, 6.07) is 7.15. The Bertz CT molecular complexity index is 636. The molecule has 3 rings (SSSR count). The maximum absolute atomic E-state index is 12.2. The lowest BCUT2D eigenvalue weighted by atomic mass is 10.1. The fraction of sp³-hybridized carbons (Fsp3) is 0.333. The van der Waals surface area contributed by atoms with E-state index < -0.39 is 0 Å². The number of aromatic amines is 1. The number of hydroxylamine groups is 1. The Morgan fingerprint density at radius 2 is 2.18 bits per heavy atom. The molecule has 2 N–H and O–H groups in total. The number of ether oxygens (including phenoxy) is 1. The first kappa shape index (κ1) is 15.0. The third kappa shape index (κ3) is 3.47. The van der Waals surface area contributed by atoms with Gasteiger partial charge < -0.3 is 4.74 Å². The molecule has 1 aliphatic rings. The molecule has 7 heteroatoms. The largest absolute Gasteiger partial charge is 0.350 e. The zero-order valence-electron chi connectivity index (χ0n) is 11.8. The molecule has 1 fully saturated rings. The van der Waals surface area contributed by atoms with Crippen LogP contribution >= 0.6 is 11.6 Å². The van der Waals surface area contributed by atoms with Crippen molar-refractivity contribution in [3.8, 4) is 11.3 Å². The number of hydrogen-bond acceptors (Lipinski definition) is 4. The Kier molecular flexibility index (Phi) is 4.72. The number of hydrogen-bond donors (Lipinski definition) is 2. The monoisotopic (exact) mass is 321 g/mol. The normalized spacial score (nSPS) is 18.1. The van der Waals surface area contributed by atoms with Crippen LogP contribution in [-0.4, -0.2) is 29.0 Å². The van der Waals surface area contributed by atoms with Crippen molar-refractivity contribution in [2.24, 2.45) is 0 Å². The molecular weight excluding hydrogens is 306 g/mol. The van der Waals surface area contributed by atoms with E-state index in [0.29, 0.717) is 22.9 Å². The van der Waals surface area contributed by atoms with Gasteiger partial charge in [-0.15, -0.1) is 0 Å². The summed E-state index contributed by atoms with van der Waals surface area (Å²) in [6.45, 7) is 0.655. The molecule has 0 saturated carbocycles. The SMILES string of the molecule is O=C(NO[C@@H]1CCCCO1)c1cn[nH]c1-c1ccc(Cl)cc1. The molecule has 6 nitrogen and oxygen atoms in total. The van der Waals surface area contributed by atoms with Crippen LogP contribution in [0.15, 0.2) is 30.5 Å². The lowest BCUT2D eigenvalue weighted by Gasteiger charge is -2.22. The molecule has 2 aromatic rings. The van der Waals surface area contributed by atoms with E-state index in [9.17, 15) is 4.79 Å². The Morgan fingerprint density at radius 1 is 1.36 bits per heavy atom. The average Bonchev–Trinajstić information content (AvgIpc) is 3.04. The topological polar surface area (TPSA) is 76.2 Å². The van der Waals surface area contributed by atoms with Crippen molar-refractivity contribution in [2.45, 2.75) is 25.6 Å². The number of carbonyl (C=O) groups excluding carboxylic acids is 1. The van der Waals surface area contributed by atoms with Crippen LogP contribution in [0.3, 0.4) is 0 Å². The van der Waals surface area contributed by atoms with E-state index in [4.69, 9.17) is 21.2 Å². The van der Waals surface area contributed by atoms with Crippen molar-refractivity contribution in [1.29, 1.82) is 0 Å². The molecule has 1 amide bonds. The van der Waals surface area contributed by atoms with Crippen LogP contribution in [-0.2, 0) is 9.57 Å². The first-order chi connectivity index (χ1) is 10.7. The van der Waals surface area contributed by atoms with Crippen molar-refractivity contribution < 1.29 is 14.4 Å². The van der Waals surface area contributed by atoms with Gasteiger partial charge in [0.2, 0.25) is 0 Å². The van der Waals surface area contributed by atoms with Gasteiger partial charge in [-0.3, -0.25) is 9.89 Å². The molecule has 1 atom stereocenters. The number of benzene rings is 1. The molecule has 0 aliphatic carbocycles. The van der Waals surface area contributed by atoms with E-state index in [2.05, 4.69) is 15.7 Å². The second-order valence-corrected chi connectivity index (χ2v) is 5.45. The fourth-order valence-corrected chi connectivity index (χ4v) is 2.40. The maximum atomic E-state index is 12.2. The molecule has 1 aromatic heterocycles.